The first-order valence-corrected chi connectivity index (χ1v) is 10.8. The van der Waals surface area contributed by atoms with E-state index in [9.17, 15) is 8.42 Å². The van der Waals surface area contributed by atoms with E-state index in [1.54, 1.807) is 23.5 Å². The number of sulfonamides is 1. The van der Waals surface area contributed by atoms with Gasteiger partial charge in [-0.15, -0.1) is 11.3 Å². The van der Waals surface area contributed by atoms with Crippen molar-refractivity contribution >= 4 is 21.4 Å². The van der Waals surface area contributed by atoms with Crippen molar-refractivity contribution < 1.29 is 13.2 Å². The quantitative estimate of drug-likeness (QED) is 0.610. The average molecular weight is 389 g/mol. The molecule has 0 atom stereocenters. The minimum absolute atomic E-state index is 0.0752. The summed E-state index contributed by atoms with van der Waals surface area (Å²) in [7, 11) is -3.37. The normalized spacial score (nSPS) is 11.4. The zero-order valence-corrected chi connectivity index (χ0v) is 15.8. The van der Waals surface area contributed by atoms with Gasteiger partial charge in [0.15, 0.2) is 0 Å². The van der Waals surface area contributed by atoms with E-state index in [1.807, 2.05) is 53.9 Å². The predicted molar refractivity (Wildman–Crippen MR) is 105 cm³/mol. The maximum absolute atomic E-state index is 12.0. The molecule has 0 saturated carbocycles. The third kappa shape index (κ3) is 5.66. The van der Waals surface area contributed by atoms with Gasteiger partial charge in [-0.2, -0.15) is 0 Å². The molecule has 0 unspecified atom stereocenters. The van der Waals surface area contributed by atoms with Gasteiger partial charge in [0.25, 0.3) is 0 Å². The van der Waals surface area contributed by atoms with Gasteiger partial charge in [0.05, 0.1) is 11.4 Å². The summed E-state index contributed by atoms with van der Waals surface area (Å²) >= 11 is 1.56. The maximum Gasteiger partial charge on any atom is 0.214 e. The van der Waals surface area contributed by atoms with Crippen LogP contribution < -0.4 is 9.46 Å². The summed E-state index contributed by atoms with van der Waals surface area (Å²) in [5.74, 6) is 0.590. The lowest BCUT2D eigenvalue weighted by molar-refractivity contribution is 0.340. The monoisotopic (exact) mass is 388 g/mol. The first-order valence-electron chi connectivity index (χ1n) is 8.27. The Hall–Kier alpha value is -2.22. The van der Waals surface area contributed by atoms with Crippen LogP contribution in [0.25, 0.3) is 10.6 Å². The van der Waals surface area contributed by atoms with Crippen molar-refractivity contribution in [1.82, 2.24) is 9.71 Å². The summed E-state index contributed by atoms with van der Waals surface area (Å²) in [4.78, 5) is 4.56. The minimum atomic E-state index is -3.37. The van der Waals surface area contributed by atoms with Gasteiger partial charge in [0.2, 0.25) is 10.0 Å². The first-order chi connectivity index (χ1) is 12.6. The van der Waals surface area contributed by atoms with Crippen LogP contribution >= 0.6 is 11.3 Å². The number of hydrogen-bond donors (Lipinski definition) is 1. The van der Waals surface area contributed by atoms with Crippen LogP contribution in [0.5, 0.6) is 5.75 Å². The smallest absolute Gasteiger partial charge is 0.214 e. The van der Waals surface area contributed by atoms with E-state index in [1.165, 1.54) is 0 Å². The largest absolute Gasteiger partial charge is 0.492 e. The minimum Gasteiger partial charge on any atom is -0.492 e. The number of rotatable bonds is 9. The molecule has 0 aliphatic carbocycles. The molecule has 0 radical (unpaired) electrons. The second-order valence-electron chi connectivity index (χ2n) is 5.63. The number of thiazole rings is 1. The Morgan fingerprint density at radius 2 is 1.69 bits per heavy atom. The van der Waals surface area contributed by atoms with Gasteiger partial charge in [0.1, 0.15) is 17.4 Å². The lowest BCUT2D eigenvalue weighted by Gasteiger charge is -2.08. The number of aromatic nitrogens is 1. The van der Waals surface area contributed by atoms with Gasteiger partial charge >= 0.3 is 0 Å². The summed E-state index contributed by atoms with van der Waals surface area (Å²) < 4.78 is 32.1. The lowest BCUT2D eigenvalue weighted by atomic mass is 10.2. The summed E-state index contributed by atoms with van der Waals surface area (Å²) in [6, 6.07) is 19.1. The highest BCUT2D eigenvalue weighted by molar-refractivity contribution is 7.89. The number of hydrogen-bond acceptors (Lipinski definition) is 5. The Kier molecular flexibility index (Phi) is 6.38. The van der Waals surface area contributed by atoms with Crippen LogP contribution in [0.15, 0.2) is 66.0 Å². The van der Waals surface area contributed by atoms with E-state index in [0.29, 0.717) is 18.7 Å². The molecule has 3 aromatic rings. The zero-order chi connectivity index (χ0) is 18.2. The molecule has 0 saturated heterocycles. The van der Waals surface area contributed by atoms with Crippen molar-refractivity contribution in [2.75, 3.05) is 18.9 Å². The molecule has 3 rings (SSSR count). The Balaban J connectivity index is 1.43. The molecule has 1 aromatic heterocycles. The first kappa shape index (κ1) is 18.6. The van der Waals surface area contributed by atoms with Crippen molar-refractivity contribution in [3.05, 3.63) is 71.7 Å². The van der Waals surface area contributed by atoms with Crippen molar-refractivity contribution in [2.45, 2.75) is 6.42 Å². The van der Waals surface area contributed by atoms with Crippen molar-refractivity contribution in [3.8, 4) is 16.3 Å². The van der Waals surface area contributed by atoms with Gasteiger partial charge in [-0.1, -0.05) is 48.5 Å². The van der Waals surface area contributed by atoms with Crippen LogP contribution in [-0.4, -0.2) is 32.3 Å². The molecule has 0 bridgehead atoms. The third-order valence-electron chi connectivity index (χ3n) is 3.64. The highest BCUT2D eigenvalue weighted by Crippen LogP contribution is 2.23. The van der Waals surface area contributed by atoms with Crippen LogP contribution in [-0.2, 0) is 16.4 Å². The Bertz CT molecular complexity index is 910. The fourth-order valence-electron chi connectivity index (χ4n) is 2.33. The molecule has 1 heterocycles. The molecule has 0 aliphatic rings. The van der Waals surface area contributed by atoms with Crippen molar-refractivity contribution in [1.29, 1.82) is 0 Å². The summed E-state index contributed by atoms with van der Waals surface area (Å²) in [6.07, 6.45) is 0.558. The zero-order valence-electron chi connectivity index (χ0n) is 14.2. The van der Waals surface area contributed by atoms with E-state index in [2.05, 4.69) is 9.71 Å². The van der Waals surface area contributed by atoms with Crippen molar-refractivity contribution in [3.63, 3.8) is 0 Å². The molecule has 26 heavy (non-hydrogen) atoms. The molecule has 5 nitrogen and oxygen atoms in total. The van der Waals surface area contributed by atoms with Crippen molar-refractivity contribution in [2.24, 2.45) is 0 Å². The predicted octanol–water partition coefficient (Wildman–Crippen LogP) is 3.35. The number of para-hydroxylation sites is 1. The molecular weight excluding hydrogens is 368 g/mol. The summed E-state index contributed by atoms with van der Waals surface area (Å²) in [5, 5.41) is 2.91. The van der Waals surface area contributed by atoms with Gasteiger partial charge in [-0.3, -0.25) is 0 Å². The highest BCUT2D eigenvalue weighted by atomic mass is 32.2. The molecule has 0 spiro atoms. The number of benzene rings is 2. The maximum atomic E-state index is 12.0. The second-order valence-corrected chi connectivity index (χ2v) is 8.42. The SMILES string of the molecule is O=S(=O)(CCOc1ccccc1)NCCc1csc(-c2ccccc2)n1. The fraction of sp³-hybridized carbons (Fsp3) is 0.211. The van der Waals surface area contributed by atoms with E-state index in [0.717, 1.165) is 16.3 Å². The molecule has 136 valence electrons. The number of ether oxygens (including phenoxy) is 1. The van der Waals surface area contributed by atoms with Gasteiger partial charge in [-0.05, 0) is 12.1 Å². The van der Waals surface area contributed by atoms with Crippen LogP contribution in [0.1, 0.15) is 5.69 Å². The van der Waals surface area contributed by atoms with E-state index < -0.39 is 10.0 Å². The van der Waals surface area contributed by atoms with E-state index in [-0.39, 0.29) is 12.4 Å². The van der Waals surface area contributed by atoms with Crippen LogP contribution in [0.3, 0.4) is 0 Å². The van der Waals surface area contributed by atoms with Crippen LogP contribution in [0.4, 0.5) is 0 Å². The van der Waals surface area contributed by atoms with Gasteiger partial charge < -0.3 is 4.74 Å². The topological polar surface area (TPSA) is 68.3 Å². The highest BCUT2D eigenvalue weighted by Gasteiger charge is 2.11. The molecule has 1 N–H and O–H groups in total. The molecule has 2 aromatic carbocycles. The average Bonchev–Trinajstić information content (AvgIpc) is 3.12. The lowest BCUT2D eigenvalue weighted by Crippen LogP contribution is -2.30. The number of nitrogens with one attached hydrogen (secondary N) is 1. The molecule has 0 aliphatic heterocycles. The Morgan fingerprint density at radius 3 is 2.42 bits per heavy atom. The summed E-state index contributed by atoms with van der Waals surface area (Å²) in [5.41, 5.74) is 1.96. The van der Waals surface area contributed by atoms with Crippen LogP contribution in [0, 0.1) is 0 Å². The van der Waals surface area contributed by atoms with E-state index >= 15 is 0 Å². The molecule has 0 amide bonds. The molecule has 7 heteroatoms. The van der Waals surface area contributed by atoms with Crippen LogP contribution in [0.2, 0.25) is 0 Å². The Morgan fingerprint density at radius 1 is 1.00 bits per heavy atom. The van der Waals surface area contributed by atoms with E-state index in [4.69, 9.17) is 4.74 Å². The second kappa shape index (κ2) is 8.93. The van der Waals surface area contributed by atoms with Gasteiger partial charge in [0, 0.05) is 23.9 Å². The van der Waals surface area contributed by atoms with Gasteiger partial charge in [-0.25, -0.2) is 18.1 Å². The molecular formula is C19H20N2O3S2. The Labute approximate surface area is 157 Å². The molecule has 0 fully saturated rings. The number of nitrogens with zero attached hydrogens (tertiary/aromatic N) is 1. The standard InChI is InChI=1S/C19H20N2O3S2/c22-26(23,14-13-24-18-9-5-2-6-10-18)20-12-11-17-15-25-19(21-17)16-7-3-1-4-8-16/h1-10,15,20H,11-14H2. The summed E-state index contributed by atoms with van der Waals surface area (Å²) in [6.45, 7) is 0.444. The third-order valence-corrected chi connectivity index (χ3v) is 5.93. The fourth-order valence-corrected chi connectivity index (χ4v) is 4.05.